The van der Waals surface area contributed by atoms with Gasteiger partial charge in [0.25, 0.3) is 0 Å². The van der Waals surface area contributed by atoms with Crippen molar-refractivity contribution in [1.82, 2.24) is 15.0 Å². The fourth-order valence-corrected chi connectivity index (χ4v) is 5.07. The van der Waals surface area contributed by atoms with E-state index in [9.17, 15) is 0 Å². The Hall–Kier alpha value is -3.37. The summed E-state index contributed by atoms with van der Waals surface area (Å²) < 4.78 is 0. The molecule has 4 heteroatoms. The van der Waals surface area contributed by atoms with E-state index < -0.39 is 0 Å². The average Bonchev–Trinajstić information content (AvgIpc) is 3.54. The normalized spacial score (nSPS) is 13.2. The number of hydrogen-bond acceptors (Lipinski definition) is 2. The first-order valence-corrected chi connectivity index (χ1v) is 10.5. The second-order valence-electron chi connectivity index (χ2n) is 7.04. The van der Waals surface area contributed by atoms with Gasteiger partial charge in [0.05, 0.1) is 11.8 Å². The van der Waals surface area contributed by atoms with Crippen LogP contribution in [0.2, 0.25) is 0 Å². The number of nitrogens with one attached hydrogen (secondary N) is 2. The standard InChI is InChI=1S/C25H21N3S/c1-3-9-18(10-4-1)23(20-13-7-15-26-20)22-17-28-25(29-22)24(21-14-8-16-27-21)19-11-5-2-6-12-19/h1-17,23-24,26-27H. The van der Waals surface area contributed by atoms with Crippen molar-refractivity contribution in [2.45, 2.75) is 11.8 Å². The molecule has 3 aromatic heterocycles. The van der Waals surface area contributed by atoms with Crippen molar-refractivity contribution in [3.8, 4) is 0 Å². The van der Waals surface area contributed by atoms with Gasteiger partial charge in [-0.05, 0) is 35.4 Å². The molecule has 0 bridgehead atoms. The molecule has 3 heterocycles. The number of H-pyrrole nitrogens is 2. The maximum atomic E-state index is 4.89. The van der Waals surface area contributed by atoms with Crippen molar-refractivity contribution < 1.29 is 0 Å². The van der Waals surface area contributed by atoms with Gasteiger partial charge in [0.2, 0.25) is 0 Å². The first-order valence-electron chi connectivity index (χ1n) is 9.72. The summed E-state index contributed by atoms with van der Waals surface area (Å²) in [5, 5.41) is 1.10. The number of thiazole rings is 1. The van der Waals surface area contributed by atoms with Crippen LogP contribution in [0.15, 0.2) is 104 Å². The predicted octanol–water partition coefficient (Wildman–Crippen LogP) is 6.16. The Kier molecular flexibility index (Phi) is 4.85. The summed E-state index contributed by atoms with van der Waals surface area (Å²) in [6.07, 6.45) is 6.00. The molecule has 0 aliphatic rings. The van der Waals surface area contributed by atoms with Crippen molar-refractivity contribution in [2.24, 2.45) is 0 Å². The lowest BCUT2D eigenvalue weighted by Gasteiger charge is -2.15. The maximum Gasteiger partial charge on any atom is 0.106 e. The van der Waals surface area contributed by atoms with Crippen LogP contribution >= 0.6 is 11.3 Å². The molecule has 2 N–H and O–H groups in total. The third-order valence-electron chi connectivity index (χ3n) is 5.20. The number of aromatic nitrogens is 3. The number of benzene rings is 2. The van der Waals surface area contributed by atoms with Gasteiger partial charge in [-0.2, -0.15) is 0 Å². The Balaban J connectivity index is 1.59. The molecule has 5 aromatic rings. The van der Waals surface area contributed by atoms with Gasteiger partial charge in [0.1, 0.15) is 5.01 Å². The minimum Gasteiger partial charge on any atom is -0.364 e. The van der Waals surface area contributed by atoms with Crippen molar-refractivity contribution in [1.29, 1.82) is 0 Å². The summed E-state index contributed by atoms with van der Waals surface area (Å²) in [4.78, 5) is 12.9. The van der Waals surface area contributed by atoms with Gasteiger partial charge in [0, 0.05) is 34.9 Å². The summed E-state index contributed by atoms with van der Waals surface area (Å²) in [7, 11) is 0. The van der Waals surface area contributed by atoms with Crippen LogP contribution in [0.3, 0.4) is 0 Å². The topological polar surface area (TPSA) is 44.5 Å². The summed E-state index contributed by atoms with van der Waals surface area (Å²) in [6.45, 7) is 0. The first-order chi connectivity index (χ1) is 14.4. The third kappa shape index (κ3) is 3.55. The van der Waals surface area contributed by atoms with Crippen LogP contribution in [-0.2, 0) is 0 Å². The number of rotatable bonds is 6. The van der Waals surface area contributed by atoms with E-state index >= 15 is 0 Å². The van der Waals surface area contributed by atoms with Gasteiger partial charge in [-0.3, -0.25) is 0 Å². The van der Waals surface area contributed by atoms with Crippen molar-refractivity contribution >= 4 is 11.3 Å². The van der Waals surface area contributed by atoms with Crippen LogP contribution in [0.4, 0.5) is 0 Å². The fourth-order valence-electron chi connectivity index (χ4n) is 3.86. The molecule has 3 nitrogen and oxygen atoms in total. The molecule has 5 rings (SSSR count). The SMILES string of the molecule is c1ccc(C(c2ccc[nH]2)c2cnc(C(c3ccccc3)c3ccc[nH]3)s2)cc1. The molecule has 0 radical (unpaired) electrons. The van der Waals surface area contributed by atoms with Gasteiger partial charge in [0.15, 0.2) is 0 Å². The van der Waals surface area contributed by atoms with Gasteiger partial charge in [-0.25, -0.2) is 4.98 Å². The molecule has 0 aliphatic carbocycles. The summed E-state index contributed by atoms with van der Waals surface area (Å²) in [6, 6.07) is 29.6. The van der Waals surface area contributed by atoms with E-state index in [1.165, 1.54) is 21.7 Å². The summed E-state index contributed by atoms with van der Waals surface area (Å²) in [5.41, 5.74) is 4.85. The van der Waals surface area contributed by atoms with E-state index in [0.717, 1.165) is 10.7 Å². The van der Waals surface area contributed by atoms with Crippen LogP contribution in [0.25, 0.3) is 0 Å². The van der Waals surface area contributed by atoms with E-state index in [1.54, 1.807) is 11.3 Å². The molecule has 142 valence electrons. The highest BCUT2D eigenvalue weighted by Gasteiger charge is 2.25. The quantitative estimate of drug-likeness (QED) is 0.355. The lowest BCUT2D eigenvalue weighted by Crippen LogP contribution is -2.03. The lowest BCUT2D eigenvalue weighted by molar-refractivity contribution is 0.914. The molecule has 2 aromatic carbocycles. The summed E-state index contributed by atoms with van der Waals surface area (Å²) in [5.74, 6) is 0.252. The molecule has 0 saturated heterocycles. The Labute approximate surface area is 174 Å². The number of nitrogens with zero attached hydrogens (tertiary/aromatic N) is 1. The van der Waals surface area contributed by atoms with Crippen LogP contribution in [0, 0.1) is 0 Å². The van der Waals surface area contributed by atoms with Crippen LogP contribution in [0.1, 0.15) is 44.2 Å². The van der Waals surface area contributed by atoms with Gasteiger partial charge in [-0.15, -0.1) is 11.3 Å². The molecule has 2 unspecified atom stereocenters. The zero-order valence-electron chi connectivity index (χ0n) is 15.8. The Morgan fingerprint density at radius 2 is 1.17 bits per heavy atom. The van der Waals surface area contributed by atoms with E-state index in [2.05, 4.69) is 88.8 Å². The van der Waals surface area contributed by atoms with Crippen molar-refractivity contribution in [3.63, 3.8) is 0 Å². The zero-order valence-corrected chi connectivity index (χ0v) is 16.6. The zero-order chi connectivity index (χ0) is 19.5. The van der Waals surface area contributed by atoms with Crippen molar-refractivity contribution in [3.05, 3.63) is 136 Å². The fraction of sp³-hybridized carbons (Fsp3) is 0.0800. The molecular formula is C25H21N3S. The maximum absolute atomic E-state index is 4.89. The van der Waals surface area contributed by atoms with Gasteiger partial charge >= 0.3 is 0 Å². The predicted molar refractivity (Wildman–Crippen MR) is 118 cm³/mol. The molecule has 29 heavy (non-hydrogen) atoms. The Morgan fingerprint density at radius 1 is 0.621 bits per heavy atom. The lowest BCUT2D eigenvalue weighted by atomic mass is 9.95. The third-order valence-corrected chi connectivity index (χ3v) is 6.33. The Bertz CT molecular complexity index is 1050. The molecular weight excluding hydrogens is 374 g/mol. The monoisotopic (exact) mass is 395 g/mol. The largest absolute Gasteiger partial charge is 0.364 e. The van der Waals surface area contributed by atoms with Crippen LogP contribution < -0.4 is 0 Å². The molecule has 0 saturated carbocycles. The van der Waals surface area contributed by atoms with Gasteiger partial charge in [-0.1, -0.05) is 60.7 Å². The second kappa shape index (κ2) is 7.94. The Morgan fingerprint density at radius 3 is 1.72 bits per heavy atom. The summed E-state index contributed by atoms with van der Waals surface area (Å²) >= 11 is 1.78. The molecule has 2 atom stereocenters. The van der Waals surface area contributed by atoms with E-state index in [1.807, 2.05) is 24.7 Å². The molecule has 0 fully saturated rings. The van der Waals surface area contributed by atoms with E-state index in [0.29, 0.717) is 0 Å². The minimum absolute atomic E-state index is 0.102. The first kappa shape index (κ1) is 17.7. The highest BCUT2D eigenvalue weighted by Crippen LogP contribution is 2.39. The number of hydrogen-bond donors (Lipinski definition) is 2. The minimum atomic E-state index is 0.102. The smallest absolute Gasteiger partial charge is 0.106 e. The second-order valence-corrected chi connectivity index (χ2v) is 8.13. The average molecular weight is 396 g/mol. The van der Waals surface area contributed by atoms with E-state index in [4.69, 9.17) is 4.98 Å². The van der Waals surface area contributed by atoms with Crippen LogP contribution in [0.5, 0.6) is 0 Å². The highest BCUT2D eigenvalue weighted by molar-refractivity contribution is 7.11. The number of aromatic amines is 2. The van der Waals surface area contributed by atoms with Crippen LogP contribution in [-0.4, -0.2) is 15.0 Å². The van der Waals surface area contributed by atoms with E-state index in [-0.39, 0.29) is 11.8 Å². The van der Waals surface area contributed by atoms with Gasteiger partial charge < -0.3 is 9.97 Å². The van der Waals surface area contributed by atoms with Crippen molar-refractivity contribution in [2.75, 3.05) is 0 Å². The molecule has 0 aliphatic heterocycles. The molecule has 0 amide bonds. The molecule has 0 spiro atoms. The highest BCUT2D eigenvalue weighted by atomic mass is 32.1.